The monoisotopic (exact) mass is 455 g/mol. The summed E-state index contributed by atoms with van der Waals surface area (Å²) >= 11 is 0. The molecule has 5 rings (SSSR count). The number of ether oxygens (including phenoxy) is 1. The summed E-state index contributed by atoms with van der Waals surface area (Å²) in [6.45, 7) is 1.75. The maximum atomic E-state index is 13.4. The minimum Gasteiger partial charge on any atom is -0.496 e. The number of benzene rings is 3. The van der Waals surface area contributed by atoms with Gasteiger partial charge < -0.3 is 14.2 Å². The molecule has 7 nitrogen and oxygen atoms in total. The van der Waals surface area contributed by atoms with Gasteiger partial charge in [0.05, 0.1) is 19.2 Å². The first kappa shape index (κ1) is 21.7. The Bertz CT molecular complexity index is 1370. The molecule has 0 spiro atoms. The van der Waals surface area contributed by atoms with Gasteiger partial charge in [-0.2, -0.15) is 0 Å². The molecule has 2 amide bonds. The molecule has 1 aromatic heterocycles. The summed E-state index contributed by atoms with van der Waals surface area (Å²) in [6.07, 6.45) is 0.777. The molecule has 0 aliphatic carbocycles. The number of hydrogen-bond donors (Lipinski definition) is 2. The number of amides is 2. The fraction of sp³-hybridized carbons (Fsp3) is 0.185. The number of hydroxylamine groups is 1. The standard InChI is InChI=1S/C27H25N3O4/c1-34-25-9-5-3-7-22(25)27(32)29-15-14-21-20-6-2-4-8-23(20)30(24(21)17-29)16-18-10-12-19(13-11-18)26(31)28-33/h2-13,33H,14-17H2,1H3,(H,28,31). The van der Waals surface area contributed by atoms with Gasteiger partial charge in [0.2, 0.25) is 0 Å². The van der Waals surface area contributed by atoms with E-state index in [1.165, 1.54) is 10.9 Å². The molecule has 0 saturated heterocycles. The van der Waals surface area contributed by atoms with E-state index in [1.54, 1.807) is 36.9 Å². The molecule has 2 N–H and O–H groups in total. The fourth-order valence-corrected chi connectivity index (χ4v) is 4.75. The Morgan fingerprint density at radius 3 is 2.50 bits per heavy atom. The van der Waals surface area contributed by atoms with Crippen LogP contribution in [0.15, 0.2) is 72.8 Å². The minimum absolute atomic E-state index is 0.0423. The molecule has 34 heavy (non-hydrogen) atoms. The van der Waals surface area contributed by atoms with Crippen LogP contribution < -0.4 is 10.2 Å². The number of para-hydroxylation sites is 2. The van der Waals surface area contributed by atoms with Crippen LogP contribution >= 0.6 is 0 Å². The lowest BCUT2D eigenvalue weighted by Gasteiger charge is -2.29. The zero-order valence-electron chi connectivity index (χ0n) is 18.8. The molecule has 172 valence electrons. The topological polar surface area (TPSA) is 83.8 Å². The number of aromatic nitrogens is 1. The highest BCUT2D eigenvalue weighted by Crippen LogP contribution is 2.33. The zero-order valence-corrected chi connectivity index (χ0v) is 18.8. The van der Waals surface area contributed by atoms with E-state index in [4.69, 9.17) is 9.94 Å². The van der Waals surface area contributed by atoms with Crippen molar-refractivity contribution in [3.8, 4) is 5.75 Å². The van der Waals surface area contributed by atoms with Gasteiger partial charge in [-0.15, -0.1) is 0 Å². The Balaban J connectivity index is 1.50. The number of carbonyl (C=O) groups excluding carboxylic acids is 2. The molecule has 1 aliphatic heterocycles. The van der Waals surface area contributed by atoms with Gasteiger partial charge in [-0.25, -0.2) is 5.48 Å². The second-order valence-corrected chi connectivity index (χ2v) is 8.34. The lowest BCUT2D eigenvalue weighted by molar-refractivity contribution is 0.0705. The number of methoxy groups -OCH3 is 1. The minimum atomic E-state index is -0.541. The molecule has 0 radical (unpaired) electrons. The molecule has 2 heterocycles. The third-order valence-electron chi connectivity index (χ3n) is 6.45. The number of hydrogen-bond acceptors (Lipinski definition) is 4. The van der Waals surface area contributed by atoms with Crippen LogP contribution in [0, 0.1) is 0 Å². The fourth-order valence-electron chi connectivity index (χ4n) is 4.75. The van der Waals surface area contributed by atoms with Gasteiger partial charge in [0, 0.05) is 35.2 Å². The van der Waals surface area contributed by atoms with Crippen molar-refractivity contribution in [3.05, 3.63) is 101 Å². The lowest BCUT2D eigenvalue weighted by atomic mass is 10.0. The average molecular weight is 456 g/mol. The number of carbonyl (C=O) groups is 2. The van der Waals surface area contributed by atoms with Crippen LogP contribution in [0.5, 0.6) is 5.75 Å². The van der Waals surface area contributed by atoms with Gasteiger partial charge in [0.15, 0.2) is 0 Å². The Morgan fingerprint density at radius 2 is 1.74 bits per heavy atom. The molecule has 0 unspecified atom stereocenters. The highest BCUT2D eigenvalue weighted by atomic mass is 16.5. The maximum absolute atomic E-state index is 13.4. The Morgan fingerprint density at radius 1 is 1.00 bits per heavy atom. The third kappa shape index (κ3) is 3.80. The van der Waals surface area contributed by atoms with Gasteiger partial charge in [0.1, 0.15) is 5.75 Å². The molecular formula is C27H25N3O4. The smallest absolute Gasteiger partial charge is 0.274 e. The highest BCUT2D eigenvalue weighted by molar-refractivity contribution is 5.97. The molecular weight excluding hydrogens is 430 g/mol. The van der Waals surface area contributed by atoms with E-state index in [0.717, 1.165) is 23.2 Å². The van der Waals surface area contributed by atoms with Crippen LogP contribution in [0.3, 0.4) is 0 Å². The van der Waals surface area contributed by atoms with E-state index in [-0.39, 0.29) is 5.91 Å². The van der Waals surface area contributed by atoms with Crippen LogP contribution in [-0.2, 0) is 19.5 Å². The van der Waals surface area contributed by atoms with Crippen molar-refractivity contribution in [2.75, 3.05) is 13.7 Å². The SMILES string of the molecule is COc1ccccc1C(=O)N1CCc2c(n(Cc3ccc(C(=O)NO)cc3)c3ccccc23)C1. The number of nitrogens with one attached hydrogen (secondary N) is 1. The summed E-state index contributed by atoms with van der Waals surface area (Å²) in [7, 11) is 1.58. The third-order valence-corrected chi connectivity index (χ3v) is 6.45. The van der Waals surface area contributed by atoms with Gasteiger partial charge in [-0.1, -0.05) is 42.5 Å². The molecule has 0 bridgehead atoms. The molecule has 7 heteroatoms. The van der Waals surface area contributed by atoms with E-state index >= 15 is 0 Å². The predicted octanol–water partition coefficient (Wildman–Crippen LogP) is 4.02. The largest absolute Gasteiger partial charge is 0.496 e. The number of nitrogens with zero attached hydrogens (tertiary/aromatic N) is 2. The lowest BCUT2D eigenvalue weighted by Crippen LogP contribution is -2.36. The van der Waals surface area contributed by atoms with Crippen molar-refractivity contribution in [3.63, 3.8) is 0 Å². The van der Waals surface area contributed by atoms with Crippen molar-refractivity contribution in [1.29, 1.82) is 0 Å². The average Bonchev–Trinajstić information content (AvgIpc) is 3.21. The van der Waals surface area contributed by atoms with Gasteiger partial charge in [-0.3, -0.25) is 14.8 Å². The molecule has 0 atom stereocenters. The summed E-state index contributed by atoms with van der Waals surface area (Å²) in [6, 6.07) is 22.8. The first-order valence-electron chi connectivity index (χ1n) is 11.2. The highest BCUT2D eigenvalue weighted by Gasteiger charge is 2.28. The van der Waals surface area contributed by atoms with E-state index in [2.05, 4.69) is 16.7 Å². The summed E-state index contributed by atoms with van der Waals surface area (Å²) in [4.78, 5) is 26.9. The Kier molecular flexibility index (Phi) is 5.77. The first-order chi connectivity index (χ1) is 16.6. The summed E-state index contributed by atoms with van der Waals surface area (Å²) < 4.78 is 7.67. The number of fused-ring (bicyclic) bond motifs is 3. The van der Waals surface area contributed by atoms with Crippen LogP contribution in [0.25, 0.3) is 10.9 Å². The van der Waals surface area contributed by atoms with Crippen LogP contribution in [0.2, 0.25) is 0 Å². The van der Waals surface area contributed by atoms with Crippen molar-refractivity contribution >= 4 is 22.7 Å². The second kappa shape index (κ2) is 9.03. The van der Waals surface area contributed by atoms with Gasteiger partial charge in [-0.05, 0) is 47.9 Å². The van der Waals surface area contributed by atoms with E-state index in [1.807, 2.05) is 41.3 Å². The summed E-state index contributed by atoms with van der Waals surface area (Å²) in [5, 5.41) is 10.1. The maximum Gasteiger partial charge on any atom is 0.274 e. The van der Waals surface area contributed by atoms with E-state index in [0.29, 0.717) is 36.5 Å². The normalized spacial score (nSPS) is 12.9. The molecule has 0 fully saturated rings. The van der Waals surface area contributed by atoms with Crippen LogP contribution in [0.1, 0.15) is 37.5 Å². The van der Waals surface area contributed by atoms with Crippen molar-refractivity contribution in [1.82, 2.24) is 14.9 Å². The molecule has 1 aliphatic rings. The van der Waals surface area contributed by atoms with E-state index < -0.39 is 5.91 Å². The van der Waals surface area contributed by atoms with Crippen molar-refractivity contribution < 1.29 is 19.5 Å². The Hall–Kier alpha value is -4.10. The molecule has 0 saturated carbocycles. The van der Waals surface area contributed by atoms with Gasteiger partial charge in [0.25, 0.3) is 11.8 Å². The van der Waals surface area contributed by atoms with Crippen LogP contribution in [0.4, 0.5) is 0 Å². The zero-order chi connectivity index (χ0) is 23.7. The summed E-state index contributed by atoms with van der Waals surface area (Å²) in [5.74, 6) is -0.00837. The molecule has 4 aromatic rings. The van der Waals surface area contributed by atoms with E-state index in [9.17, 15) is 9.59 Å². The van der Waals surface area contributed by atoms with Gasteiger partial charge >= 0.3 is 0 Å². The molecule has 3 aromatic carbocycles. The Labute approximate surface area is 197 Å². The van der Waals surface area contributed by atoms with Crippen molar-refractivity contribution in [2.45, 2.75) is 19.5 Å². The second-order valence-electron chi connectivity index (χ2n) is 8.34. The van der Waals surface area contributed by atoms with Crippen LogP contribution in [-0.4, -0.2) is 40.1 Å². The number of rotatable bonds is 5. The quantitative estimate of drug-likeness (QED) is 0.352. The summed E-state index contributed by atoms with van der Waals surface area (Å²) in [5.41, 5.74) is 7.14. The van der Waals surface area contributed by atoms with Crippen molar-refractivity contribution in [2.24, 2.45) is 0 Å². The predicted molar refractivity (Wildman–Crippen MR) is 128 cm³/mol. The first-order valence-corrected chi connectivity index (χ1v) is 11.2.